The second-order valence-electron chi connectivity index (χ2n) is 5.52. The Hall–Kier alpha value is -2.82. The first kappa shape index (κ1) is 16.1. The Morgan fingerprint density at radius 3 is 2.54 bits per heavy atom. The minimum absolute atomic E-state index is 0.195. The highest BCUT2D eigenvalue weighted by Gasteiger charge is 2.11. The smallest absolute Gasteiger partial charge is 0.258 e. The van der Waals surface area contributed by atoms with E-state index in [2.05, 4.69) is 17.1 Å². The summed E-state index contributed by atoms with van der Waals surface area (Å²) in [4.78, 5) is 4.46. The topological polar surface area (TPSA) is 57.4 Å². The molecule has 0 N–H and O–H groups in total. The van der Waals surface area contributed by atoms with Crippen molar-refractivity contribution in [3.8, 4) is 34.3 Å². The van der Waals surface area contributed by atoms with Crippen LogP contribution in [-0.2, 0) is 0 Å². The Morgan fingerprint density at radius 1 is 1.04 bits per heavy atom. The highest BCUT2D eigenvalue weighted by atomic mass is 16.5. The van der Waals surface area contributed by atoms with Gasteiger partial charge in [0.15, 0.2) is 0 Å². The second kappa shape index (κ2) is 7.17. The molecule has 2 aromatic carbocycles. The molecule has 0 fully saturated rings. The molecule has 0 saturated carbocycles. The number of aromatic nitrogens is 2. The molecule has 24 heavy (non-hydrogen) atoms. The Morgan fingerprint density at radius 2 is 1.83 bits per heavy atom. The van der Waals surface area contributed by atoms with Gasteiger partial charge in [-0.1, -0.05) is 18.1 Å². The minimum atomic E-state index is 0.195. The number of hydrogen-bond acceptors (Lipinski definition) is 5. The maximum atomic E-state index is 5.78. The van der Waals surface area contributed by atoms with Crippen molar-refractivity contribution in [2.24, 2.45) is 0 Å². The SMILES string of the molecule is CC[C@H](C)Oc1ccc(-c2noc(-c3cccc(OC)c3)n2)cc1. The summed E-state index contributed by atoms with van der Waals surface area (Å²) in [6.45, 7) is 4.14. The first-order valence-corrected chi connectivity index (χ1v) is 7.95. The monoisotopic (exact) mass is 324 g/mol. The Bertz CT molecular complexity index is 796. The number of hydrogen-bond donors (Lipinski definition) is 0. The van der Waals surface area contributed by atoms with Crippen LogP contribution in [0, 0.1) is 0 Å². The molecule has 3 aromatic rings. The van der Waals surface area contributed by atoms with E-state index in [4.69, 9.17) is 14.0 Å². The molecule has 0 aliphatic carbocycles. The van der Waals surface area contributed by atoms with Crippen molar-refractivity contribution in [1.29, 1.82) is 0 Å². The molecular weight excluding hydrogens is 304 g/mol. The van der Waals surface area contributed by atoms with Crippen LogP contribution in [0.4, 0.5) is 0 Å². The summed E-state index contributed by atoms with van der Waals surface area (Å²) in [6.07, 6.45) is 1.16. The zero-order valence-electron chi connectivity index (χ0n) is 14.0. The van der Waals surface area contributed by atoms with Crippen LogP contribution in [0.2, 0.25) is 0 Å². The van der Waals surface area contributed by atoms with Crippen LogP contribution >= 0.6 is 0 Å². The van der Waals surface area contributed by atoms with Crippen LogP contribution < -0.4 is 9.47 Å². The van der Waals surface area contributed by atoms with Gasteiger partial charge in [0.2, 0.25) is 5.82 Å². The zero-order valence-corrected chi connectivity index (χ0v) is 14.0. The van der Waals surface area contributed by atoms with E-state index in [0.717, 1.165) is 29.0 Å². The molecule has 124 valence electrons. The largest absolute Gasteiger partial charge is 0.497 e. The van der Waals surface area contributed by atoms with Crippen molar-refractivity contribution in [3.63, 3.8) is 0 Å². The zero-order chi connectivity index (χ0) is 16.9. The third kappa shape index (κ3) is 3.56. The normalized spacial score (nSPS) is 12.0. The predicted octanol–water partition coefficient (Wildman–Crippen LogP) is 4.59. The quantitative estimate of drug-likeness (QED) is 0.664. The van der Waals surface area contributed by atoms with E-state index in [-0.39, 0.29) is 6.10 Å². The van der Waals surface area contributed by atoms with Crippen molar-refractivity contribution in [2.75, 3.05) is 7.11 Å². The van der Waals surface area contributed by atoms with Crippen molar-refractivity contribution >= 4 is 0 Å². The summed E-state index contributed by atoms with van der Waals surface area (Å²) in [5, 5.41) is 4.06. The summed E-state index contributed by atoms with van der Waals surface area (Å²) in [5.74, 6) is 2.59. The van der Waals surface area contributed by atoms with Gasteiger partial charge in [0.05, 0.1) is 13.2 Å². The number of methoxy groups -OCH3 is 1. The van der Waals surface area contributed by atoms with Gasteiger partial charge in [0.25, 0.3) is 5.89 Å². The molecule has 1 atom stereocenters. The molecule has 5 nitrogen and oxygen atoms in total. The van der Waals surface area contributed by atoms with Crippen LogP contribution in [-0.4, -0.2) is 23.4 Å². The fourth-order valence-electron chi connectivity index (χ4n) is 2.21. The van der Waals surface area contributed by atoms with Crippen molar-refractivity contribution in [1.82, 2.24) is 10.1 Å². The number of rotatable bonds is 6. The number of ether oxygens (including phenoxy) is 2. The van der Waals surface area contributed by atoms with E-state index in [1.54, 1.807) is 7.11 Å². The Balaban J connectivity index is 1.80. The first-order chi connectivity index (χ1) is 11.7. The molecule has 5 heteroatoms. The molecule has 3 rings (SSSR count). The molecule has 0 bridgehead atoms. The van der Waals surface area contributed by atoms with E-state index in [1.165, 1.54) is 0 Å². The molecule has 0 spiro atoms. The molecule has 0 unspecified atom stereocenters. The van der Waals surface area contributed by atoms with Gasteiger partial charge in [-0.2, -0.15) is 4.98 Å². The highest BCUT2D eigenvalue weighted by molar-refractivity contribution is 5.61. The van der Waals surface area contributed by atoms with Gasteiger partial charge in [-0.3, -0.25) is 0 Å². The average Bonchev–Trinajstić information content (AvgIpc) is 3.12. The second-order valence-corrected chi connectivity index (χ2v) is 5.52. The fourth-order valence-corrected chi connectivity index (χ4v) is 2.21. The van der Waals surface area contributed by atoms with E-state index in [9.17, 15) is 0 Å². The molecule has 0 aliphatic rings. The molecular formula is C19H20N2O3. The maximum Gasteiger partial charge on any atom is 0.258 e. The maximum absolute atomic E-state index is 5.78. The van der Waals surface area contributed by atoms with E-state index in [1.807, 2.05) is 55.5 Å². The summed E-state index contributed by atoms with van der Waals surface area (Å²) in [6, 6.07) is 15.2. The van der Waals surface area contributed by atoms with Crippen LogP contribution in [0.5, 0.6) is 11.5 Å². The van der Waals surface area contributed by atoms with Crippen LogP contribution in [0.15, 0.2) is 53.1 Å². The van der Waals surface area contributed by atoms with Gasteiger partial charge in [-0.25, -0.2) is 0 Å². The highest BCUT2D eigenvalue weighted by Crippen LogP contribution is 2.26. The summed E-state index contributed by atoms with van der Waals surface area (Å²) in [7, 11) is 1.63. The summed E-state index contributed by atoms with van der Waals surface area (Å²) in [5.41, 5.74) is 1.70. The van der Waals surface area contributed by atoms with E-state index in [0.29, 0.717) is 11.7 Å². The lowest BCUT2D eigenvalue weighted by molar-refractivity contribution is 0.217. The number of benzene rings is 2. The standard InChI is InChI=1S/C19H20N2O3/c1-4-13(2)23-16-10-8-14(9-11-16)18-20-19(24-21-18)15-6-5-7-17(12-15)22-3/h5-13H,4H2,1-3H3/t13-/m0/s1. The predicted molar refractivity (Wildman–Crippen MR) is 92.1 cm³/mol. The lowest BCUT2D eigenvalue weighted by Gasteiger charge is -2.12. The molecule has 1 heterocycles. The van der Waals surface area contributed by atoms with Crippen LogP contribution in [0.1, 0.15) is 20.3 Å². The van der Waals surface area contributed by atoms with Crippen LogP contribution in [0.25, 0.3) is 22.8 Å². The first-order valence-electron chi connectivity index (χ1n) is 7.95. The van der Waals surface area contributed by atoms with E-state index < -0.39 is 0 Å². The van der Waals surface area contributed by atoms with Gasteiger partial charge >= 0.3 is 0 Å². The van der Waals surface area contributed by atoms with Crippen molar-refractivity contribution < 1.29 is 14.0 Å². The van der Waals surface area contributed by atoms with Gasteiger partial charge in [0, 0.05) is 11.1 Å². The van der Waals surface area contributed by atoms with Crippen molar-refractivity contribution in [3.05, 3.63) is 48.5 Å². The number of nitrogens with zero attached hydrogens (tertiary/aromatic N) is 2. The van der Waals surface area contributed by atoms with E-state index >= 15 is 0 Å². The lowest BCUT2D eigenvalue weighted by Crippen LogP contribution is -2.09. The third-order valence-corrected chi connectivity index (χ3v) is 3.77. The lowest BCUT2D eigenvalue weighted by atomic mass is 10.2. The van der Waals surface area contributed by atoms with Crippen LogP contribution in [0.3, 0.4) is 0 Å². The van der Waals surface area contributed by atoms with Gasteiger partial charge in [-0.15, -0.1) is 0 Å². The third-order valence-electron chi connectivity index (χ3n) is 3.77. The van der Waals surface area contributed by atoms with Gasteiger partial charge in [0.1, 0.15) is 11.5 Å². The molecule has 1 aromatic heterocycles. The van der Waals surface area contributed by atoms with Crippen molar-refractivity contribution in [2.45, 2.75) is 26.4 Å². The molecule has 0 aliphatic heterocycles. The summed E-state index contributed by atoms with van der Waals surface area (Å²) < 4.78 is 16.4. The molecule has 0 saturated heterocycles. The minimum Gasteiger partial charge on any atom is -0.497 e. The average molecular weight is 324 g/mol. The fraction of sp³-hybridized carbons (Fsp3) is 0.263. The molecule has 0 radical (unpaired) electrons. The Labute approximate surface area is 141 Å². The van der Waals surface area contributed by atoms with Gasteiger partial charge in [-0.05, 0) is 55.8 Å². The molecule has 0 amide bonds. The van der Waals surface area contributed by atoms with Gasteiger partial charge < -0.3 is 14.0 Å². The Kier molecular flexibility index (Phi) is 4.79. The summed E-state index contributed by atoms with van der Waals surface area (Å²) >= 11 is 0.